The Labute approximate surface area is 140 Å². The van der Waals surface area contributed by atoms with E-state index in [-0.39, 0.29) is 12.1 Å². The molecule has 1 atom stereocenters. The number of fused-ring (bicyclic) bond motifs is 1. The fourth-order valence-corrected chi connectivity index (χ4v) is 4.91. The first kappa shape index (κ1) is 14.9. The zero-order chi connectivity index (χ0) is 15.6. The number of carbonyl (C=O) groups is 1. The van der Waals surface area contributed by atoms with Gasteiger partial charge >= 0.3 is 6.03 Å². The molecule has 1 saturated heterocycles. The van der Waals surface area contributed by atoms with Gasteiger partial charge in [-0.1, -0.05) is 25.0 Å². The molecule has 1 aromatic heterocycles. The molecule has 0 spiro atoms. The Kier molecular flexibility index (Phi) is 4.21. The third-order valence-corrected chi connectivity index (χ3v) is 6.18. The van der Waals surface area contributed by atoms with Crippen LogP contribution in [0.25, 0.3) is 10.2 Å². The number of rotatable bonds is 2. The second kappa shape index (κ2) is 6.48. The maximum absolute atomic E-state index is 12.7. The van der Waals surface area contributed by atoms with Gasteiger partial charge in [-0.2, -0.15) is 0 Å². The summed E-state index contributed by atoms with van der Waals surface area (Å²) >= 11 is 1.73. The number of aromatic nitrogens is 1. The third kappa shape index (κ3) is 3.07. The van der Waals surface area contributed by atoms with E-state index < -0.39 is 0 Å². The van der Waals surface area contributed by atoms with Gasteiger partial charge in [0.1, 0.15) is 5.01 Å². The molecular formula is C18H23N3OS. The Morgan fingerprint density at radius 3 is 2.74 bits per heavy atom. The van der Waals surface area contributed by atoms with Crippen molar-refractivity contribution in [2.45, 2.75) is 57.0 Å². The summed E-state index contributed by atoms with van der Waals surface area (Å²) in [6.45, 7) is 0.846. The molecule has 1 N–H and O–H groups in total. The number of thiazole rings is 1. The molecule has 4 rings (SSSR count). The molecule has 0 radical (unpaired) electrons. The monoisotopic (exact) mass is 329 g/mol. The van der Waals surface area contributed by atoms with Crippen LogP contribution in [0.2, 0.25) is 0 Å². The van der Waals surface area contributed by atoms with Crippen LogP contribution in [0.4, 0.5) is 4.79 Å². The highest BCUT2D eigenvalue weighted by Gasteiger charge is 2.31. The van der Waals surface area contributed by atoms with Crippen molar-refractivity contribution in [2.24, 2.45) is 0 Å². The van der Waals surface area contributed by atoms with Gasteiger partial charge in [-0.3, -0.25) is 0 Å². The first-order valence-corrected chi connectivity index (χ1v) is 9.55. The summed E-state index contributed by atoms with van der Waals surface area (Å²) in [5.74, 6) is 0. The SMILES string of the molecule is O=C(NC1CCCC1)N1CCCC[C@@H]1c1nc2ccccc2s1. The van der Waals surface area contributed by atoms with E-state index in [1.807, 2.05) is 11.0 Å². The largest absolute Gasteiger partial charge is 0.335 e. The minimum absolute atomic E-state index is 0.112. The molecule has 4 nitrogen and oxygen atoms in total. The lowest BCUT2D eigenvalue weighted by molar-refractivity contribution is 0.148. The standard InChI is InChI=1S/C18H23N3OS/c22-18(19-13-7-1-2-8-13)21-12-6-5-10-15(21)17-20-14-9-3-4-11-16(14)23-17/h3-4,9,11,13,15H,1-2,5-8,10,12H2,(H,19,22)/t15-/m1/s1. The maximum atomic E-state index is 12.7. The minimum atomic E-state index is 0.112. The number of piperidine rings is 1. The maximum Gasteiger partial charge on any atom is 0.318 e. The predicted molar refractivity (Wildman–Crippen MR) is 93.7 cm³/mol. The summed E-state index contributed by atoms with van der Waals surface area (Å²) in [7, 11) is 0. The second-order valence-electron chi connectivity index (χ2n) is 6.66. The van der Waals surface area contributed by atoms with Crippen molar-refractivity contribution in [1.82, 2.24) is 15.2 Å². The molecule has 2 amide bonds. The van der Waals surface area contributed by atoms with E-state index >= 15 is 0 Å². The summed E-state index contributed by atoms with van der Waals surface area (Å²) in [5.41, 5.74) is 1.05. The van der Waals surface area contributed by atoms with Gasteiger partial charge in [0, 0.05) is 12.6 Å². The zero-order valence-corrected chi connectivity index (χ0v) is 14.1. The third-order valence-electron chi connectivity index (χ3n) is 5.04. The predicted octanol–water partition coefficient (Wildman–Crippen LogP) is 4.48. The molecule has 1 aliphatic carbocycles. The fourth-order valence-electron chi connectivity index (χ4n) is 3.79. The van der Waals surface area contributed by atoms with Gasteiger partial charge in [0.25, 0.3) is 0 Å². The minimum Gasteiger partial charge on any atom is -0.335 e. The van der Waals surface area contributed by atoms with E-state index in [2.05, 4.69) is 23.5 Å². The quantitative estimate of drug-likeness (QED) is 0.883. The van der Waals surface area contributed by atoms with E-state index in [0.29, 0.717) is 6.04 Å². The first-order valence-electron chi connectivity index (χ1n) is 8.74. The van der Waals surface area contributed by atoms with Crippen molar-refractivity contribution in [3.63, 3.8) is 0 Å². The van der Waals surface area contributed by atoms with Crippen LogP contribution in [0, 0.1) is 0 Å². The van der Waals surface area contributed by atoms with Gasteiger partial charge in [-0.25, -0.2) is 9.78 Å². The Balaban J connectivity index is 1.55. The molecular weight excluding hydrogens is 306 g/mol. The molecule has 5 heteroatoms. The van der Waals surface area contributed by atoms with Crippen molar-refractivity contribution in [3.05, 3.63) is 29.3 Å². The number of nitrogens with zero attached hydrogens (tertiary/aromatic N) is 2. The number of amides is 2. The van der Waals surface area contributed by atoms with E-state index in [1.165, 1.54) is 24.0 Å². The summed E-state index contributed by atoms with van der Waals surface area (Å²) in [6, 6.07) is 8.87. The zero-order valence-electron chi connectivity index (χ0n) is 13.3. The molecule has 2 fully saturated rings. The van der Waals surface area contributed by atoms with Crippen molar-refractivity contribution in [1.29, 1.82) is 0 Å². The molecule has 1 saturated carbocycles. The Morgan fingerprint density at radius 1 is 1.13 bits per heavy atom. The van der Waals surface area contributed by atoms with Gasteiger partial charge in [0.15, 0.2) is 0 Å². The van der Waals surface area contributed by atoms with Crippen LogP contribution in [-0.4, -0.2) is 28.5 Å². The number of para-hydroxylation sites is 1. The normalized spacial score (nSPS) is 22.6. The van der Waals surface area contributed by atoms with Crippen LogP contribution < -0.4 is 5.32 Å². The average Bonchev–Trinajstić information content (AvgIpc) is 3.23. The smallest absolute Gasteiger partial charge is 0.318 e. The van der Waals surface area contributed by atoms with Crippen LogP contribution >= 0.6 is 11.3 Å². The van der Waals surface area contributed by atoms with Crippen molar-refractivity contribution in [2.75, 3.05) is 6.54 Å². The molecule has 2 aliphatic rings. The number of carbonyl (C=O) groups excluding carboxylic acids is 1. The number of benzene rings is 1. The lowest BCUT2D eigenvalue weighted by Crippen LogP contribution is -2.47. The van der Waals surface area contributed by atoms with E-state index in [4.69, 9.17) is 4.98 Å². The van der Waals surface area contributed by atoms with Crippen LogP contribution in [0.5, 0.6) is 0 Å². The van der Waals surface area contributed by atoms with Crippen molar-refractivity contribution < 1.29 is 4.79 Å². The Bertz CT molecular complexity index is 659. The van der Waals surface area contributed by atoms with Gasteiger partial charge in [0.05, 0.1) is 16.3 Å². The number of hydrogen-bond acceptors (Lipinski definition) is 3. The van der Waals surface area contributed by atoms with Crippen molar-refractivity contribution >= 4 is 27.6 Å². The molecule has 0 unspecified atom stereocenters. The van der Waals surface area contributed by atoms with Crippen molar-refractivity contribution in [3.8, 4) is 0 Å². The molecule has 1 aromatic carbocycles. The first-order chi connectivity index (χ1) is 11.3. The number of hydrogen-bond donors (Lipinski definition) is 1. The summed E-state index contributed by atoms with van der Waals surface area (Å²) < 4.78 is 1.21. The molecule has 23 heavy (non-hydrogen) atoms. The highest BCUT2D eigenvalue weighted by Crippen LogP contribution is 2.35. The van der Waals surface area contributed by atoms with Crippen LogP contribution in [0.15, 0.2) is 24.3 Å². The number of urea groups is 1. The average molecular weight is 329 g/mol. The summed E-state index contributed by atoms with van der Waals surface area (Å²) in [6.07, 6.45) is 8.04. The topological polar surface area (TPSA) is 45.2 Å². The van der Waals surface area contributed by atoms with Gasteiger partial charge in [-0.05, 0) is 44.2 Å². The van der Waals surface area contributed by atoms with Crippen LogP contribution in [0.1, 0.15) is 56.0 Å². The highest BCUT2D eigenvalue weighted by molar-refractivity contribution is 7.18. The Hall–Kier alpha value is -1.62. The van der Waals surface area contributed by atoms with E-state index in [1.54, 1.807) is 11.3 Å². The number of nitrogens with one attached hydrogen (secondary N) is 1. The highest BCUT2D eigenvalue weighted by atomic mass is 32.1. The van der Waals surface area contributed by atoms with Gasteiger partial charge < -0.3 is 10.2 Å². The van der Waals surface area contributed by atoms with Crippen LogP contribution in [-0.2, 0) is 0 Å². The van der Waals surface area contributed by atoms with E-state index in [0.717, 1.165) is 42.8 Å². The lowest BCUT2D eigenvalue weighted by Gasteiger charge is -2.35. The van der Waals surface area contributed by atoms with Gasteiger partial charge in [-0.15, -0.1) is 11.3 Å². The molecule has 2 heterocycles. The second-order valence-corrected chi connectivity index (χ2v) is 7.72. The van der Waals surface area contributed by atoms with Crippen LogP contribution in [0.3, 0.4) is 0 Å². The molecule has 1 aliphatic heterocycles. The molecule has 0 bridgehead atoms. The lowest BCUT2D eigenvalue weighted by atomic mass is 10.0. The number of likely N-dealkylation sites (tertiary alicyclic amines) is 1. The van der Waals surface area contributed by atoms with E-state index in [9.17, 15) is 4.79 Å². The summed E-state index contributed by atoms with van der Waals surface area (Å²) in [5, 5.41) is 4.34. The summed E-state index contributed by atoms with van der Waals surface area (Å²) in [4.78, 5) is 19.6. The molecule has 2 aromatic rings. The molecule has 122 valence electrons. The van der Waals surface area contributed by atoms with Gasteiger partial charge in [0.2, 0.25) is 0 Å². The fraction of sp³-hybridized carbons (Fsp3) is 0.556. The Morgan fingerprint density at radius 2 is 1.91 bits per heavy atom.